The number of carbonyl (C=O) groups is 1. The van der Waals surface area contributed by atoms with Crippen molar-refractivity contribution in [2.45, 2.75) is 46.0 Å². The molecular formula is C26H37N5O3. The van der Waals surface area contributed by atoms with Gasteiger partial charge in [0, 0.05) is 23.9 Å². The summed E-state index contributed by atoms with van der Waals surface area (Å²) < 4.78 is 10.8. The molecule has 0 bridgehead atoms. The maximum atomic E-state index is 12.4. The van der Waals surface area contributed by atoms with E-state index in [1.165, 1.54) is 5.01 Å². The number of benzene rings is 2. The second kappa shape index (κ2) is 12.2. The molecule has 8 nitrogen and oxygen atoms in total. The van der Waals surface area contributed by atoms with E-state index in [0.717, 1.165) is 29.8 Å². The molecule has 184 valence electrons. The molecule has 0 heterocycles. The molecule has 0 atom stereocenters. The first kappa shape index (κ1) is 26.9. The number of hydrogen-bond acceptors (Lipinski definition) is 6. The van der Waals surface area contributed by atoms with Crippen LogP contribution in [0.5, 0.6) is 11.5 Å². The lowest BCUT2D eigenvalue weighted by molar-refractivity contribution is -0.116. The molecular weight excluding hydrogens is 430 g/mol. The zero-order chi connectivity index (χ0) is 25.3. The third-order valence-electron chi connectivity index (χ3n) is 5.36. The fraction of sp³-hybridized carbons (Fsp3) is 0.423. The van der Waals surface area contributed by atoms with Crippen LogP contribution >= 0.6 is 0 Å². The van der Waals surface area contributed by atoms with Gasteiger partial charge in [0.1, 0.15) is 17.2 Å². The summed E-state index contributed by atoms with van der Waals surface area (Å²) in [5.41, 5.74) is 11.7. The second-order valence-electron chi connectivity index (χ2n) is 9.08. The van der Waals surface area contributed by atoms with E-state index in [-0.39, 0.29) is 11.3 Å². The normalized spacial score (nSPS) is 11.7. The van der Waals surface area contributed by atoms with Crippen LogP contribution in [-0.2, 0) is 10.2 Å². The molecule has 0 saturated heterocycles. The van der Waals surface area contributed by atoms with Crippen LogP contribution in [0.4, 0.5) is 11.4 Å². The maximum Gasteiger partial charge on any atom is 0.224 e. The van der Waals surface area contributed by atoms with Crippen LogP contribution in [0.2, 0.25) is 0 Å². The molecule has 34 heavy (non-hydrogen) atoms. The van der Waals surface area contributed by atoms with Crippen molar-refractivity contribution in [2.75, 3.05) is 38.1 Å². The minimum Gasteiger partial charge on any atom is -0.497 e. The molecule has 0 aliphatic heterocycles. The Morgan fingerprint density at radius 2 is 1.88 bits per heavy atom. The van der Waals surface area contributed by atoms with Gasteiger partial charge in [0.15, 0.2) is 0 Å². The Morgan fingerprint density at radius 1 is 1.15 bits per heavy atom. The smallest absolute Gasteiger partial charge is 0.224 e. The largest absolute Gasteiger partial charge is 0.497 e. The number of amides is 1. The Bertz CT molecular complexity index is 1030. The van der Waals surface area contributed by atoms with Crippen molar-refractivity contribution in [2.24, 2.45) is 5.22 Å². The summed E-state index contributed by atoms with van der Waals surface area (Å²) in [5, 5.41) is 11.3. The lowest BCUT2D eigenvalue weighted by Crippen LogP contribution is -2.17. The number of hydrogen-bond donors (Lipinski definition) is 3. The van der Waals surface area contributed by atoms with E-state index in [1.807, 2.05) is 32.2 Å². The van der Waals surface area contributed by atoms with Gasteiger partial charge in [0.25, 0.3) is 0 Å². The van der Waals surface area contributed by atoms with Crippen LogP contribution in [0.15, 0.2) is 47.3 Å². The summed E-state index contributed by atoms with van der Waals surface area (Å²) in [6, 6.07) is 11.4. The minimum atomic E-state index is -0.112. The van der Waals surface area contributed by atoms with Crippen LogP contribution in [0.25, 0.3) is 6.08 Å². The fourth-order valence-corrected chi connectivity index (χ4v) is 3.48. The zero-order valence-electron chi connectivity index (χ0n) is 21.3. The maximum absolute atomic E-state index is 12.4. The quantitative estimate of drug-likeness (QED) is 0.222. The van der Waals surface area contributed by atoms with E-state index in [0.29, 0.717) is 29.3 Å². The summed E-state index contributed by atoms with van der Waals surface area (Å²) in [7, 11) is 5.03. The van der Waals surface area contributed by atoms with Gasteiger partial charge in [-0.05, 0) is 73.8 Å². The van der Waals surface area contributed by atoms with Crippen molar-refractivity contribution in [3.05, 3.63) is 53.2 Å². The highest BCUT2D eigenvalue weighted by Crippen LogP contribution is 2.35. The number of nitrogens with zero attached hydrogens (tertiary/aromatic N) is 2. The van der Waals surface area contributed by atoms with Crippen LogP contribution in [0.3, 0.4) is 0 Å². The molecule has 0 radical (unpaired) electrons. The monoisotopic (exact) mass is 467 g/mol. The van der Waals surface area contributed by atoms with Crippen molar-refractivity contribution in [1.29, 1.82) is 5.53 Å². The molecule has 0 unspecified atom stereocenters. The molecule has 0 fully saturated rings. The first-order valence-electron chi connectivity index (χ1n) is 11.3. The number of anilines is 2. The molecule has 0 saturated carbocycles. The van der Waals surface area contributed by atoms with E-state index in [4.69, 9.17) is 15.0 Å². The highest BCUT2D eigenvalue weighted by atomic mass is 16.5. The Morgan fingerprint density at radius 3 is 2.47 bits per heavy atom. The number of rotatable bonds is 11. The average Bonchev–Trinajstić information content (AvgIpc) is 2.78. The number of nitrogens with one attached hydrogen (secondary N) is 3. The SMILES string of the molecule is CNCCCC(=O)Nc1cc(/C=C(\C)N(N=N)c2cc(OC)ccc2OC)cc(C(C)(C)C)c1. The van der Waals surface area contributed by atoms with Gasteiger partial charge in [0.2, 0.25) is 5.91 Å². The molecule has 2 aromatic rings. The predicted molar refractivity (Wildman–Crippen MR) is 138 cm³/mol. The zero-order valence-corrected chi connectivity index (χ0v) is 21.3. The van der Waals surface area contributed by atoms with Crippen molar-refractivity contribution in [3.63, 3.8) is 0 Å². The molecule has 3 N–H and O–H groups in total. The predicted octanol–water partition coefficient (Wildman–Crippen LogP) is 5.75. The third kappa shape index (κ3) is 7.31. The van der Waals surface area contributed by atoms with E-state index >= 15 is 0 Å². The van der Waals surface area contributed by atoms with E-state index < -0.39 is 0 Å². The lowest BCUT2D eigenvalue weighted by atomic mass is 9.85. The summed E-state index contributed by atoms with van der Waals surface area (Å²) in [6.45, 7) is 9.06. The van der Waals surface area contributed by atoms with Gasteiger partial charge >= 0.3 is 0 Å². The average molecular weight is 468 g/mol. The van der Waals surface area contributed by atoms with Gasteiger partial charge in [-0.15, -0.1) is 0 Å². The van der Waals surface area contributed by atoms with Gasteiger partial charge in [-0.25, -0.2) is 5.01 Å². The minimum absolute atomic E-state index is 0.0168. The number of ether oxygens (including phenoxy) is 2. The summed E-state index contributed by atoms with van der Waals surface area (Å²) >= 11 is 0. The molecule has 2 aromatic carbocycles. The van der Waals surface area contributed by atoms with Crippen LogP contribution in [0, 0.1) is 5.53 Å². The molecule has 0 aliphatic carbocycles. The van der Waals surface area contributed by atoms with Crippen molar-refractivity contribution < 1.29 is 14.3 Å². The van der Waals surface area contributed by atoms with Gasteiger partial charge in [-0.2, -0.15) is 5.53 Å². The van der Waals surface area contributed by atoms with Gasteiger partial charge in [-0.3, -0.25) is 4.79 Å². The molecule has 2 rings (SSSR count). The number of allylic oxidation sites excluding steroid dienone is 1. The highest BCUT2D eigenvalue weighted by Gasteiger charge is 2.18. The first-order chi connectivity index (χ1) is 16.1. The Hall–Kier alpha value is -3.39. The van der Waals surface area contributed by atoms with Gasteiger partial charge < -0.3 is 20.1 Å². The highest BCUT2D eigenvalue weighted by molar-refractivity contribution is 5.91. The Kier molecular flexibility index (Phi) is 9.62. The number of carbonyl (C=O) groups excluding carboxylic acids is 1. The number of methoxy groups -OCH3 is 2. The Balaban J connectivity index is 2.45. The summed E-state index contributed by atoms with van der Waals surface area (Å²) in [5.74, 6) is 1.19. The molecule has 1 amide bonds. The first-order valence-corrected chi connectivity index (χ1v) is 11.3. The summed E-state index contributed by atoms with van der Waals surface area (Å²) in [6.07, 6.45) is 3.16. The molecule has 8 heteroatoms. The molecule has 0 spiro atoms. The summed E-state index contributed by atoms with van der Waals surface area (Å²) in [4.78, 5) is 12.4. The second-order valence-corrected chi connectivity index (χ2v) is 9.08. The van der Waals surface area contributed by atoms with Crippen molar-refractivity contribution in [3.8, 4) is 11.5 Å². The van der Waals surface area contributed by atoms with Crippen molar-refractivity contribution >= 4 is 23.4 Å². The topological polar surface area (TPSA) is 99.0 Å². The van der Waals surface area contributed by atoms with E-state index in [9.17, 15) is 4.79 Å². The van der Waals surface area contributed by atoms with E-state index in [1.54, 1.807) is 32.4 Å². The van der Waals surface area contributed by atoms with Crippen LogP contribution < -0.4 is 25.1 Å². The Labute approximate surface area is 202 Å². The fourth-order valence-electron chi connectivity index (χ4n) is 3.48. The van der Waals surface area contributed by atoms with E-state index in [2.05, 4.69) is 42.7 Å². The van der Waals surface area contributed by atoms with Gasteiger partial charge in [-0.1, -0.05) is 32.1 Å². The van der Waals surface area contributed by atoms with Gasteiger partial charge in [0.05, 0.1) is 14.2 Å². The molecule has 0 aliphatic rings. The molecule has 0 aromatic heterocycles. The third-order valence-corrected chi connectivity index (χ3v) is 5.36. The lowest BCUT2D eigenvalue weighted by Gasteiger charge is -2.23. The van der Waals surface area contributed by atoms with Crippen LogP contribution in [-0.4, -0.2) is 33.7 Å². The van der Waals surface area contributed by atoms with Crippen LogP contribution in [0.1, 0.15) is 51.7 Å². The standard InChI is InChI=1S/C26H37N5O3/c1-18(31(30-27)23-17-22(33-6)10-11-24(23)34-7)13-19-14-20(26(2,3)4)16-21(15-19)29-25(32)9-8-12-28-5/h10-11,13-17,27-28H,8-9,12H2,1-7H3,(H,29,32)/b18-13+,30-27?. The van der Waals surface area contributed by atoms with Crippen molar-refractivity contribution in [1.82, 2.24) is 5.32 Å².